The largest absolute Gasteiger partial charge is 0.474 e. The second kappa shape index (κ2) is 2.02. The van der Waals surface area contributed by atoms with E-state index in [0.717, 1.165) is 0 Å². The Hall–Kier alpha value is -1.10. The molecule has 0 radical (unpaired) electrons. The average molecular weight is 149 g/mol. The molecule has 0 unspecified atom stereocenters. The van der Waals surface area contributed by atoms with Crippen molar-refractivity contribution in [3.8, 4) is 0 Å². The molecular formula is C3HClN2O3. The molecule has 0 saturated heterocycles. The Kier molecular flexibility index (Phi) is 1.35. The molecular weight excluding hydrogens is 147 g/mol. The van der Waals surface area contributed by atoms with Crippen LogP contribution in [0.4, 0.5) is 0 Å². The van der Waals surface area contributed by atoms with Crippen molar-refractivity contribution < 1.29 is 14.4 Å². The lowest BCUT2D eigenvalue weighted by Crippen LogP contribution is -1.94. The van der Waals surface area contributed by atoms with E-state index in [1.54, 1.807) is 0 Å². The van der Waals surface area contributed by atoms with Gasteiger partial charge < -0.3 is 9.63 Å². The summed E-state index contributed by atoms with van der Waals surface area (Å²) in [6, 6.07) is 0. The molecule has 48 valence electrons. The Morgan fingerprint density at radius 1 is 1.78 bits per heavy atom. The minimum atomic E-state index is -1.28. The van der Waals surface area contributed by atoms with Gasteiger partial charge in [0.25, 0.3) is 5.28 Å². The van der Waals surface area contributed by atoms with Crippen molar-refractivity contribution in [3.05, 3.63) is 11.2 Å². The maximum Gasteiger partial charge on any atom is 0.394 e. The minimum Gasteiger partial charge on any atom is -0.474 e. The first kappa shape index (κ1) is 6.03. The molecule has 0 bridgehead atoms. The van der Waals surface area contributed by atoms with Gasteiger partial charge >= 0.3 is 11.9 Å². The van der Waals surface area contributed by atoms with E-state index in [1.165, 1.54) is 0 Å². The molecule has 9 heavy (non-hydrogen) atoms. The Morgan fingerprint density at radius 2 is 2.44 bits per heavy atom. The van der Waals surface area contributed by atoms with E-state index in [-0.39, 0.29) is 5.28 Å². The fraction of sp³-hybridized carbons (Fsp3) is 0. The topological polar surface area (TPSA) is 76.2 Å². The summed E-state index contributed by atoms with van der Waals surface area (Å²) >= 11 is 5.13. The van der Waals surface area contributed by atoms with E-state index in [2.05, 4.69) is 14.7 Å². The van der Waals surface area contributed by atoms with Gasteiger partial charge in [0.2, 0.25) is 0 Å². The first-order valence-corrected chi connectivity index (χ1v) is 2.30. The van der Waals surface area contributed by atoms with Gasteiger partial charge in [-0.1, -0.05) is 0 Å². The summed E-state index contributed by atoms with van der Waals surface area (Å²) in [6.45, 7) is 0. The van der Waals surface area contributed by atoms with E-state index in [4.69, 9.17) is 16.7 Å². The first-order chi connectivity index (χ1) is 4.20. The lowest BCUT2D eigenvalue weighted by atomic mass is 10.7. The maximum atomic E-state index is 9.96. The lowest BCUT2D eigenvalue weighted by molar-refractivity contribution is 0.0643. The lowest BCUT2D eigenvalue weighted by Gasteiger charge is -1.74. The second-order valence-corrected chi connectivity index (χ2v) is 1.51. The van der Waals surface area contributed by atoms with Gasteiger partial charge in [0, 0.05) is 0 Å². The third kappa shape index (κ3) is 1.17. The van der Waals surface area contributed by atoms with Gasteiger partial charge in [0.15, 0.2) is 0 Å². The zero-order valence-corrected chi connectivity index (χ0v) is 4.79. The van der Waals surface area contributed by atoms with Gasteiger partial charge in [0.1, 0.15) is 0 Å². The standard InChI is InChI=1S/C3HClN2O3/c4-3-5-1(2(7)8)9-6-3/h(H,7,8). The Balaban J connectivity index is 2.98. The normalized spacial score (nSPS) is 9.44. The van der Waals surface area contributed by atoms with Gasteiger partial charge in [-0.2, -0.15) is 4.98 Å². The number of aromatic carboxylic acids is 1. The van der Waals surface area contributed by atoms with Gasteiger partial charge in [-0.05, 0) is 16.8 Å². The Morgan fingerprint density at radius 3 is 2.67 bits per heavy atom. The van der Waals surface area contributed by atoms with Crippen LogP contribution in [0.2, 0.25) is 5.28 Å². The molecule has 0 fully saturated rings. The maximum absolute atomic E-state index is 9.96. The number of rotatable bonds is 1. The molecule has 1 rings (SSSR count). The number of hydrogen-bond donors (Lipinski definition) is 1. The number of halogens is 1. The van der Waals surface area contributed by atoms with Crippen molar-refractivity contribution in [1.29, 1.82) is 0 Å². The van der Waals surface area contributed by atoms with Crippen LogP contribution in [0.3, 0.4) is 0 Å². The Labute approximate surface area is 54.2 Å². The van der Waals surface area contributed by atoms with Crippen LogP contribution in [-0.4, -0.2) is 21.2 Å². The number of carboxylic acids is 1. The molecule has 0 aliphatic carbocycles. The highest BCUT2D eigenvalue weighted by Crippen LogP contribution is 2.01. The zero-order chi connectivity index (χ0) is 6.85. The van der Waals surface area contributed by atoms with Crippen molar-refractivity contribution in [2.45, 2.75) is 0 Å². The number of aromatic nitrogens is 2. The second-order valence-electron chi connectivity index (χ2n) is 1.17. The Bertz CT molecular complexity index is 233. The van der Waals surface area contributed by atoms with Crippen molar-refractivity contribution in [2.24, 2.45) is 0 Å². The monoisotopic (exact) mass is 148 g/mol. The molecule has 1 aromatic rings. The summed E-state index contributed by atoms with van der Waals surface area (Å²) in [5.41, 5.74) is 0. The first-order valence-electron chi connectivity index (χ1n) is 1.92. The molecule has 1 N–H and O–H groups in total. The predicted octanol–water partition coefficient (Wildman–Crippen LogP) is 0.421. The van der Waals surface area contributed by atoms with Crippen LogP contribution in [0.1, 0.15) is 10.7 Å². The molecule has 0 aromatic carbocycles. The summed E-state index contributed by atoms with van der Waals surface area (Å²) in [7, 11) is 0. The molecule has 1 heterocycles. The van der Waals surface area contributed by atoms with E-state index in [9.17, 15) is 4.79 Å². The number of carboxylic acid groups (broad SMARTS) is 1. The van der Waals surface area contributed by atoms with E-state index in [0.29, 0.717) is 0 Å². The highest BCUT2D eigenvalue weighted by Gasteiger charge is 2.10. The van der Waals surface area contributed by atoms with Crippen LogP contribution < -0.4 is 0 Å². The third-order valence-electron chi connectivity index (χ3n) is 0.584. The van der Waals surface area contributed by atoms with Crippen LogP contribution in [-0.2, 0) is 0 Å². The summed E-state index contributed by atoms with van der Waals surface area (Å²) < 4.78 is 4.13. The molecule has 0 spiro atoms. The number of nitrogens with zero attached hydrogens (tertiary/aromatic N) is 2. The fourth-order valence-corrected chi connectivity index (χ4v) is 0.404. The van der Waals surface area contributed by atoms with Crippen molar-refractivity contribution in [3.63, 3.8) is 0 Å². The van der Waals surface area contributed by atoms with E-state index >= 15 is 0 Å². The zero-order valence-electron chi connectivity index (χ0n) is 4.04. The molecule has 0 saturated carbocycles. The van der Waals surface area contributed by atoms with Crippen molar-refractivity contribution >= 4 is 17.6 Å². The molecule has 0 atom stereocenters. The van der Waals surface area contributed by atoms with Crippen LogP contribution in [0.15, 0.2) is 4.52 Å². The smallest absolute Gasteiger partial charge is 0.394 e. The molecule has 1 aromatic heterocycles. The molecule has 6 heteroatoms. The highest BCUT2D eigenvalue weighted by atomic mass is 35.5. The molecule has 0 aliphatic heterocycles. The SMILES string of the molecule is O=C(O)c1nc(Cl)no1. The van der Waals surface area contributed by atoms with Gasteiger partial charge in [-0.15, -0.1) is 0 Å². The number of hydrogen-bond acceptors (Lipinski definition) is 4. The minimum absolute atomic E-state index is 0.201. The van der Waals surface area contributed by atoms with Gasteiger partial charge in [-0.25, -0.2) is 4.79 Å². The summed E-state index contributed by atoms with van der Waals surface area (Å²) in [5.74, 6) is -1.78. The predicted molar refractivity (Wildman–Crippen MR) is 26.3 cm³/mol. The number of carbonyl (C=O) groups is 1. The summed E-state index contributed by atoms with van der Waals surface area (Å²) in [6.07, 6.45) is 0. The highest BCUT2D eigenvalue weighted by molar-refractivity contribution is 6.28. The van der Waals surface area contributed by atoms with Crippen molar-refractivity contribution in [2.75, 3.05) is 0 Å². The van der Waals surface area contributed by atoms with E-state index in [1.807, 2.05) is 0 Å². The fourth-order valence-electron chi connectivity index (χ4n) is 0.292. The van der Waals surface area contributed by atoms with E-state index < -0.39 is 11.9 Å². The van der Waals surface area contributed by atoms with Crippen molar-refractivity contribution in [1.82, 2.24) is 10.1 Å². The molecule has 0 aliphatic rings. The van der Waals surface area contributed by atoms with Crippen LogP contribution in [0.25, 0.3) is 0 Å². The summed E-state index contributed by atoms with van der Waals surface area (Å²) in [5, 5.41) is 11.0. The summed E-state index contributed by atoms with van der Waals surface area (Å²) in [4.78, 5) is 13.2. The van der Waals surface area contributed by atoms with Crippen LogP contribution in [0.5, 0.6) is 0 Å². The van der Waals surface area contributed by atoms with Gasteiger partial charge in [0.05, 0.1) is 0 Å². The average Bonchev–Trinajstić information content (AvgIpc) is 2.14. The quantitative estimate of drug-likeness (QED) is 0.625. The molecule has 0 amide bonds. The molecule has 5 nitrogen and oxygen atoms in total. The third-order valence-corrected chi connectivity index (χ3v) is 0.738. The van der Waals surface area contributed by atoms with Crippen LogP contribution >= 0.6 is 11.6 Å². The van der Waals surface area contributed by atoms with Crippen LogP contribution in [0, 0.1) is 0 Å². The van der Waals surface area contributed by atoms with Gasteiger partial charge in [-0.3, -0.25) is 0 Å².